The Hall–Kier alpha value is -3.60. The first-order valence-corrected chi connectivity index (χ1v) is 30.5. The Morgan fingerprint density at radius 1 is 0.413 bits per heavy atom. The van der Waals surface area contributed by atoms with E-state index in [0.29, 0.717) is 0 Å². The fraction of sp³-hybridized carbons (Fsp3) is 0.455. The molecule has 0 amide bonds. The molecule has 0 unspecified atom stereocenters. The molecule has 9 heteroatoms. The molecule has 0 radical (unpaired) electrons. The second-order valence-electron chi connectivity index (χ2n) is 25.4. The summed E-state index contributed by atoms with van der Waals surface area (Å²) in [5.41, 5.74) is 1.95. The smallest absolute Gasteiger partial charge is 0.872 e. The van der Waals surface area contributed by atoms with Gasteiger partial charge >= 0.3 is 32.7 Å². The molecule has 0 aromatic heterocycles. The molecule has 6 nitrogen and oxygen atoms in total. The van der Waals surface area contributed by atoms with Gasteiger partial charge in [0, 0.05) is 34.4 Å². The van der Waals surface area contributed by atoms with Crippen molar-refractivity contribution in [1.29, 1.82) is 0 Å². The Morgan fingerprint density at radius 3 is 0.893 bits per heavy atom. The average Bonchev–Trinajstić information content (AvgIpc) is 3.93. The Balaban J connectivity index is 0.000000855. The zero-order chi connectivity index (χ0) is 54.3. The topological polar surface area (TPSA) is 103 Å². The number of nitrogens with zero attached hydrogens (tertiary/aromatic N) is 2. The van der Waals surface area contributed by atoms with E-state index < -0.39 is 30.5 Å². The second-order valence-corrected chi connectivity index (χ2v) is 31.5. The van der Waals surface area contributed by atoms with Gasteiger partial charge in [0.05, 0.1) is 26.2 Å². The number of ether oxygens (including phenoxy) is 1. The Morgan fingerprint density at radius 2 is 0.680 bits per heavy atom. The van der Waals surface area contributed by atoms with Gasteiger partial charge in [0.1, 0.15) is 0 Å². The summed E-state index contributed by atoms with van der Waals surface area (Å²) >= 11 is 0. The number of rotatable bonds is 8. The van der Waals surface area contributed by atoms with Crippen molar-refractivity contribution in [3.8, 4) is 11.5 Å². The first-order valence-electron chi connectivity index (χ1n) is 27.0. The van der Waals surface area contributed by atoms with E-state index in [-0.39, 0.29) is 67.1 Å². The summed E-state index contributed by atoms with van der Waals surface area (Å²) in [5.74, 6) is 0.157. The maximum absolute atomic E-state index is 15.6. The van der Waals surface area contributed by atoms with Crippen molar-refractivity contribution in [3.05, 3.63) is 168 Å². The summed E-state index contributed by atoms with van der Waals surface area (Å²) in [6.07, 6.45) is 6.23. The third-order valence-electron chi connectivity index (χ3n) is 13.9. The van der Waals surface area contributed by atoms with Crippen LogP contribution in [0.4, 0.5) is 0 Å². The minimum atomic E-state index is -3.04. The number of hydrogen-bond donors (Lipinski definition) is 0. The average molecular weight is 1120 g/mol. The zero-order valence-corrected chi connectivity index (χ0v) is 52.8. The van der Waals surface area contributed by atoms with Crippen LogP contribution in [0.5, 0.6) is 11.5 Å². The first kappa shape index (κ1) is 62.2. The van der Waals surface area contributed by atoms with Crippen LogP contribution in [0, 0.1) is 0 Å². The molecule has 6 aromatic rings. The van der Waals surface area contributed by atoms with Gasteiger partial charge in [-0.1, -0.05) is 262 Å². The van der Waals surface area contributed by atoms with Gasteiger partial charge in [-0.15, -0.1) is 5.60 Å². The molecule has 1 saturated heterocycles. The van der Waals surface area contributed by atoms with Crippen LogP contribution < -0.4 is 47.1 Å². The van der Waals surface area contributed by atoms with Crippen LogP contribution in [0.1, 0.15) is 165 Å². The fourth-order valence-corrected chi connectivity index (χ4v) is 17.6. The summed E-state index contributed by atoms with van der Waals surface area (Å²) in [6.45, 7) is 33.2. The van der Waals surface area contributed by atoms with E-state index in [1.807, 2.05) is 0 Å². The molecule has 2 atom stereocenters. The third-order valence-corrected chi connectivity index (χ3v) is 21.4. The molecule has 1 aliphatic heterocycles. The zero-order valence-electron chi connectivity index (χ0n) is 48.2. The van der Waals surface area contributed by atoms with E-state index in [1.165, 1.54) is 12.8 Å². The van der Waals surface area contributed by atoms with Gasteiger partial charge in [-0.2, -0.15) is 0 Å². The van der Waals surface area contributed by atoms with Gasteiger partial charge in [0.25, 0.3) is 0 Å². The van der Waals surface area contributed by atoms with Crippen LogP contribution in [-0.2, 0) is 59.1 Å². The van der Waals surface area contributed by atoms with Gasteiger partial charge in [-0.3, -0.25) is 9.49 Å². The van der Waals surface area contributed by atoms with E-state index in [9.17, 15) is 5.11 Å². The maximum atomic E-state index is 15.6. The van der Waals surface area contributed by atoms with Crippen LogP contribution in [0.2, 0.25) is 0 Å². The van der Waals surface area contributed by atoms with Gasteiger partial charge < -0.3 is 20.1 Å². The molecule has 8 rings (SSSR count). The summed E-state index contributed by atoms with van der Waals surface area (Å²) in [5, 5.41) is 47.1. The monoisotopic (exact) mass is 1120 g/mol. The van der Waals surface area contributed by atoms with Crippen LogP contribution >= 0.6 is 14.1 Å². The van der Waals surface area contributed by atoms with Crippen molar-refractivity contribution in [1.82, 2.24) is 0 Å². The van der Waals surface area contributed by atoms with Crippen molar-refractivity contribution < 1.29 is 52.8 Å². The SMILES string of the molecule is C1CCOC1.CC(C)(C)[O-].CC(C)(C)c1cc(C(C)(C)C)c([O-])c(P(=N[C@@H]2CCCC[C@H]2N=P(c2ccccc2)(c2ccccc2)c2cc(C(C)(C)C)cc(C(C)(C)C)c2[O-])(c2ccccc2)c2ccccc2)c1.[Y+3]. The van der Waals surface area contributed by atoms with E-state index in [2.05, 4.69) is 229 Å². The van der Waals surface area contributed by atoms with Crippen LogP contribution in [0.25, 0.3) is 0 Å². The molecule has 75 heavy (non-hydrogen) atoms. The molecule has 0 spiro atoms. The minimum Gasteiger partial charge on any atom is -0.872 e. The Labute approximate surface area is 479 Å². The molecular formula is C66H87N2O4P2Y. The molecule has 1 aliphatic carbocycles. The van der Waals surface area contributed by atoms with Crippen LogP contribution in [-0.4, -0.2) is 30.9 Å². The molecule has 2 aliphatic rings. The van der Waals surface area contributed by atoms with Crippen LogP contribution in [0.3, 0.4) is 0 Å². The van der Waals surface area contributed by atoms with Gasteiger partial charge in [-0.25, -0.2) is 0 Å². The van der Waals surface area contributed by atoms with Crippen LogP contribution in [0.15, 0.2) is 155 Å². The Kier molecular flexibility index (Phi) is 21.1. The van der Waals surface area contributed by atoms with Gasteiger partial charge in [0.15, 0.2) is 0 Å². The predicted octanol–water partition coefficient (Wildman–Crippen LogP) is 12.9. The predicted molar refractivity (Wildman–Crippen MR) is 315 cm³/mol. The van der Waals surface area contributed by atoms with Crippen molar-refractivity contribution in [2.75, 3.05) is 13.2 Å². The summed E-state index contributed by atoms with van der Waals surface area (Å²) in [4.78, 5) is 0. The summed E-state index contributed by atoms with van der Waals surface area (Å²) < 4.78 is 17.6. The summed E-state index contributed by atoms with van der Waals surface area (Å²) in [6, 6.07) is 50.9. The van der Waals surface area contributed by atoms with Gasteiger partial charge in [-0.05, 0) is 92.3 Å². The van der Waals surface area contributed by atoms with Gasteiger partial charge in [0.2, 0.25) is 0 Å². The minimum absolute atomic E-state index is 0. The molecule has 1 heterocycles. The quantitative estimate of drug-likeness (QED) is 0.142. The normalized spacial score (nSPS) is 16.6. The first-order chi connectivity index (χ1) is 34.6. The van der Waals surface area contributed by atoms with Crippen molar-refractivity contribution >= 4 is 45.9 Å². The molecule has 0 N–H and O–H groups in total. The van der Waals surface area contributed by atoms with Crippen molar-refractivity contribution in [2.45, 2.75) is 182 Å². The van der Waals surface area contributed by atoms with Crippen molar-refractivity contribution in [2.24, 2.45) is 9.49 Å². The number of benzene rings is 6. The maximum Gasteiger partial charge on any atom is 3.00 e. The standard InChI is InChI=1S/C58H72N2O2P2.C4H8O.C4H9O.Y/c1-55(2,3)41-37-47(57(7,8)9)53(61)51(39-41)63(43-27-17-13-18-28-43,44-29-19-14-20-30-44)59-49-35-25-26-36-50(49)60-64(45-31-21-15-22-32-45,46-33-23-16-24-34-46)52-40-42(56(4,5)6)38-48(54(52)62)58(10,11)12;1-2-4-5-3-1;1-4(2,3)5;/h13-24,27-34,37-40,49-50,61-62H,25-26,35-36H2,1-12H3;1-4H2;1-3H3;/q;;-1;+3/p-2/t49-,50-;;;/m1.../s1. The van der Waals surface area contributed by atoms with E-state index >= 15 is 10.2 Å². The molecule has 6 aromatic carbocycles. The fourth-order valence-electron chi connectivity index (χ4n) is 9.82. The largest absolute Gasteiger partial charge is 3.00 e. The third kappa shape index (κ3) is 15.4. The van der Waals surface area contributed by atoms with E-state index in [4.69, 9.17) is 14.2 Å². The summed E-state index contributed by atoms with van der Waals surface area (Å²) in [7, 11) is -6.07. The molecule has 0 bridgehead atoms. The van der Waals surface area contributed by atoms with E-state index in [0.717, 1.165) is 93.0 Å². The Bertz CT molecular complexity index is 2590. The second kappa shape index (κ2) is 25.5. The van der Waals surface area contributed by atoms with E-state index in [1.54, 1.807) is 20.8 Å². The molecular weight excluding hydrogens is 1040 g/mol. The molecule has 398 valence electrons. The molecule has 1 saturated carbocycles. The van der Waals surface area contributed by atoms with Crippen molar-refractivity contribution in [3.63, 3.8) is 0 Å². The molecule has 2 fully saturated rings. The number of hydrogen-bond acceptors (Lipinski definition) is 6.